The van der Waals surface area contributed by atoms with Crippen LogP contribution in [0.2, 0.25) is 5.02 Å². The molecule has 1 aliphatic heterocycles. The molecule has 0 aliphatic carbocycles. The minimum Gasteiger partial charge on any atom is -0.378 e. The van der Waals surface area contributed by atoms with E-state index < -0.39 is 6.04 Å². The van der Waals surface area contributed by atoms with Gasteiger partial charge in [0.15, 0.2) is 0 Å². The minimum absolute atomic E-state index is 0.294. The summed E-state index contributed by atoms with van der Waals surface area (Å²) in [5, 5.41) is 9.02. The lowest BCUT2D eigenvalue weighted by atomic mass is 9.94. The van der Waals surface area contributed by atoms with Crippen molar-refractivity contribution in [2.45, 2.75) is 19.9 Å². The molecular weight excluding hydrogens is 376 g/mol. The van der Waals surface area contributed by atoms with Crippen LogP contribution in [-0.2, 0) is 4.79 Å². The van der Waals surface area contributed by atoms with Gasteiger partial charge >= 0.3 is 6.03 Å². The van der Waals surface area contributed by atoms with E-state index in [-0.39, 0.29) is 11.9 Å². The lowest BCUT2D eigenvalue weighted by Crippen LogP contribution is -2.46. The van der Waals surface area contributed by atoms with E-state index >= 15 is 0 Å². The van der Waals surface area contributed by atoms with Crippen LogP contribution in [0.3, 0.4) is 0 Å². The molecule has 0 aromatic heterocycles. The molecule has 0 saturated heterocycles. The third-order valence-corrected chi connectivity index (χ3v) is 5.18. The first-order valence-electron chi connectivity index (χ1n) is 8.90. The standard InChI is InChI=1S/C21H23ClN4O2/c1-12-16(22)6-5-7-17(12)24-20(27)18-13(2)23-21(28)25-19(18)14-8-10-15(11-9-14)26(3)4/h5-11,19H,1-4H3,(H,24,27)(H2,23,25,28). The number of carbonyl (C=O) groups excluding carboxylic acids is 2. The molecule has 1 atom stereocenters. The van der Waals surface area contributed by atoms with Gasteiger partial charge in [-0.1, -0.05) is 29.8 Å². The van der Waals surface area contributed by atoms with Gasteiger partial charge in [0.2, 0.25) is 0 Å². The van der Waals surface area contributed by atoms with Crippen LogP contribution in [0.5, 0.6) is 0 Å². The average molecular weight is 399 g/mol. The Morgan fingerprint density at radius 3 is 2.43 bits per heavy atom. The van der Waals surface area contributed by atoms with E-state index in [2.05, 4.69) is 16.0 Å². The first-order chi connectivity index (χ1) is 13.3. The fraction of sp³-hybridized carbons (Fsp3) is 0.238. The van der Waals surface area contributed by atoms with Crippen molar-refractivity contribution < 1.29 is 9.59 Å². The summed E-state index contributed by atoms with van der Waals surface area (Å²) < 4.78 is 0. The van der Waals surface area contributed by atoms with Crippen LogP contribution in [0.1, 0.15) is 24.1 Å². The highest BCUT2D eigenvalue weighted by atomic mass is 35.5. The summed E-state index contributed by atoms with van der Waals surface area (Å²) in [5.74, 6) is -0.294. The van der Waals surface area contributed by atoms with Gasteiger partial charge in [0, 0.05) is 36.2 Å². The van der Waals surface area contributed by atoms with E-state index in [0.717, 1.165) is 16.8 Å². The highest BCUT2D eigenvalue weighted by molar-refractivity contribution is 6.31. The molecule has 2 aromatic carbocycles. The fourth-order valence-corrected chi connectivity index (χ4v) is 3.32. The number of rotatable bonds is 4. The number of benzene rings is 2. The number of hydrogen-bond acceptors (Lipinski definition) is 3. The summed E-state index contributed by atoms with van der Waals surface area (Å²) in [5.41, 5.74) is 4.25. The Labute approximate surface area is 169 Å². The van der Waals surface area contributed by atoms with Gasteiger partial charge in [-0.25, -0.2) is 4.79 Å². The van der Waals surface area contributed by atoms with Crippen molar-refractivity contribution in [3.05, 3.63) is 69.9 Å². The number of hydrogen-bond donors (Lipinski definition) is 3. The SMILES string of the molecule is CC1=C(C(=O)Nc2cccc(Cl)c2C)C(c2ccc(N(C)C)cc2)NC(=O)N1. The third kappa shape index (κ3) is 3.97. The largest absolute Gasteiger partial charge is 0.378 e. The van der Waals surface area contributed by atoms with E-state index in [1.54, 1.807) is 25.1 Å². The summed E-state index contributed by atoms with van der Waals surface area (Å²) in [6, 6.07) is 12.2. The van der Waals surface area contributed by atoms with E-state index in [1.807, 2.05) is 50.2 Å². The van der Waals surface area contributed by atoms with Gasteiger partial charge in [0.05, 0.1) is 11.6 Å². The Kier molecular flexibility index (Phi) is 5.61. The van der Waals surface area contributed by atoms with Gasteiger partial charge in [-0.2, -0.15) is 0 Å². The smallest absolute Gasteiger partial charge is 0.319 e. The minimum atomic E-state index is -0.551. The Hall–Kier alpha value is -2.99. The molecule has 0 saturated carbocycles. The maximum Gasteiger partial charge on any atom is 0.319 e. The van der Waals surface area contributed by atoms with Crippen LogP contribution in [-0.4, -0.2) is 26.0 Å². The number of urea groups is 1. The monoisotopic (exact) mass is 398 g/mol. The second-order valence-corrected chi connectivity index (χ2v) is 7.33. The molecule has 0 fully saturated rings. The summed E-state index contributed by atoms with van der Waals surface area (Å²) in [7, 11) is 3.91. The second-order valence-electron chi connectivity index (χ2n) is 6.92. The highest BCUT2D eigenvalue weighted by Crippen LogP contribution is 2.30. The van der Waals surface area contributed by atoms with Crippen molar-refractivity contribution in [3.8, 4) is 0 Å². The average Bonchev–Trinajstić information content (AvgIpc) is 2.64. The quantitative estimate of drug-likeness (QED) is 0.729. The first kappa shape index (κ1) is 19.8. The van der Waals surface area contributed by atoms with Gasteiger partial charge in [0.1, 0.15) is 0 Å². The molecule has 3 rings (SSSR count). The van der Waals surface area contributed by atoms with Crippen molar-refractivity contribution in [3.63, 3.8) is 0 Å². The van der Waals surface area contributed by atoms with Crippen LogP contribution in [0.25, 0.3) is 0 Å². The molecular formula is C21H23ClN4O2. The van der Waals surface area contributed by atoms with Crippen molar-refractivity contribution in [2.75, 3.05) is 24.3 Å². The van der Waals surface area contributed by atoms with E-state index in [0.29, 0.717) is 22.0 Å². The highest BCUT2D eigenvalue weighted by Gasteiger charge is 2.31. The molecule has 3 N–H and O–H groups in total. The van der Waals surface area contributed by atoms with E-state index in [1.165, 1.54) is 0 Å². The van der Waals surface area contributed by atoms with Crippen molar-refractivity contribution >= 4 is 34.9 Å². The summed E-state index contributed by atoms with van der Waals surface area (Å²) in [4.78, 5) is 27.1. The molecule has 6 nitrogen and oxygen atoms in total. The number of halogens is 1. The zero-order valence-electron chi connectivity index (χ0n) is 16.3. The van der Waals surface area contributed by atoms with E-state index in [9.17, 15) is 9.59 Å². The molecule has 3 amide bonds. The fourth-order valence-electron chi connectivity index (χ4n) is 3.14. The Bertz CT molecular complexity index is 951. The second kappa shape index (κ2) is 7.94. The normalized spacial score (nSPS) is 16.3. The molecule has 28 heavy (non-hydrogen) atoms. The summed E-state index contributed by atoms with van der Waals surface area (Å²) >= 11 is 6.16. The van der Waals surface area contributed by atoms with Crippen molar-refractivity contribution in [1.29, 1.82) is 0 Å². The molecule has 1 aliphatic rings. The third-order valence-electron chi connectivity index (χ3n) is 4.77. The molecule has 1 heterocycles. The summed E-state index contributed by atoms with van der Waals surface area (Å²) in [6.07, 6.45) is 0. The van der Waals surface area contributed by atoms with Crippen LogP contribution in [0, 0.1) is 6.92 Å². The van der Waals surface area contributed by atoms with Gasteiger partial charge < -0.3 is 20.9 Å². The molecule has 7 heteroatoms. The number of amides is 3. The summed E-state index contributed by atoms with van der Waals surface area (Å²) in [6.45, 7) is 3.57. The molecule has 0 radical (unpaired) electrons. The van der Waals surface area contributed by atoms with Crippen LogP contribution < -0.4 is 20.9 Å². The van der Waals surface area contributed by atoms with Crippen molar-refractivity contribution in [1.82, 2.24) is 10.6 Å². The predicted octanol–water partition coefficient (Wildman–Crippen LogP) is 3.98. The number of allylic oxidation sites excluding steroid dienone is 1. The Morgan fingerprint density at radius 2 is 1.79 bits per heavy atom. The first-order valence-corrected chi connectivity index (χ1v) is 9.27. The van der Waals surface area contributed by atoms with E-state index in [4.69, 9.17) is 11.6 Å². The van der Waals surface area contributed by atoms with Crippen LogP contribution in [0.15, 0.2) is 53.7 Å². The lowest BCUT2D eigenvalue weighted by molar-refractivity contribution is -0.113. The maximum absolute atomic E-state index is 13.1. The number of anilines is 2. The maximum atomic E-state index is 13.1. The van der Waals surface area contributed by atoms with Crippen LogP contribution >= 0.6 is 11.6 Å². The Morgan fingerprint density at radius 1 is 1.11 bits per heavy atom. The van der Waals surface area contributed by atoms with Crippen molar-refractivity contribution in [2.24, 2.45) is 0 Å². The number of carbonyl (C=O) groups is 2. The topological polar surface area (TPSA) is 73.5 Å². The molecule has 2 aromatic rings. The molecule has 1 unspecified atom stereocenters. The molecule has 0 spiro atoms. The van der Waals surface area contributed by atoms with Gasteiger partial charge in [-0.05, 0) is 49.2 Å². The molecule has 146 valence electrons. The van der Waals surface area contributed by atoms with Gasteiger partial charge in [0.25, 0.3) is 5.91 Å². The number of nitrogens with one attached hydrogen (secondary N) is 3. The van der Waals surface area contributed by atoms with Gasteiger partial charge in [-0.15, -0.1) is 0 Å². The zero-order valence-corrected chi connectivity index (χ0v) is 17.0. The zero-order chi connectivity index (χ0) is 20.4. The molecule has 0 bridgehead atoms. The Balaban J connectivity index is 1.95. The van der Waals surface area contributed by atoms with Crippen LogP contribution in [0.4, 0.5) is 16.2 Å². The van der Waals surface area contributed by atoms with Gasteiger partial charge in [-0.3, -0.25) is 4.79 Å². The number of nitrogens with zero attached hydrogens (tertiary/aromatic N) is 1. The predicted molar refractivity (Wildman–Crippen MR) is 113 cm³/mol. The lowest BCUT2D eigenvalue weighted by Gasteiger charge is -2.29.